The van der Waals surface area contributed by atoms with Crippen LogP contribution in [0.1, 0.15) is 12.8 Å². The number of aliphatic hydroxyl groups excluding tert-OH is 1. The van der Waals surface area contributed by atoms with Crippen LogP contribution in [-0.2, 0) is 9.59 Å². The molecule has 0 spiro atoms. The zero-order valence-electron chi connectivity index (χ0n) is 9.44. The third-order valence-electron chi connectivity index (χ3n) is 2.21. The van der Waals surface area contributed by atoms with E-state index in [1.54, 1.807) is 7.05 Å². The molecule has 0 radical (unpaired) electrons. The van der Waals surface area contributed by atoms with Crippen LogP contribution in [0.5, 0.6) is 0 Å². The van der Waals surface area contributed by atoms with Gasteiger partial charge in [-0.1, -0.05) is 0 Å². The molecule has 0 aromatic carbocycles. The van der Waals surface area contributed by atoms with E-state index in [-0.39, 0.29) is 25.0 Å². The molecule has 2 N–H and O–H groups in total. The van der Waals surface area contributed by atoms with Crippen molar-refractivity contribution in [3.8, 4) is 0 Å². The van der Waals surface area contributed by atoms with Crippen molar-refractivity contribution in [2.45, 2.75) is 18.9 Å². The highest BCUT2D eigenvalue weighted by Crippen LogP contribution is 2.18. The van der Waals surface area contributed by atoms with Crippen molar-refractivity contribution >= 4 is 23.6 Å². The summed E-state index contributed by atoms with van der Waals surface area (Å²) in [6, 6.07) is 0.333. The molecular weight excluding hydrogens is 228 g/mol. The largest absolute Gasteiger partial charge is 0.396 e. The van der Waals surface area contributed by atoms with Crippen molar-refractivity contribution in [3.63, 3.8) is 0 Å². The first-order valence-electron chi connectivity index (χ1n) is 5.35. The predicted octanol–water partition coefficient (Wildman–Crippen LogP) is -0.551. The lowest BCUT2D eigenvalue weighted by Gasteiger charge is -2.16. The number of rotatable bonds is 7. The Bertz CT molecular complexity index is 256. The van der Waals surface area contributed by atoms with Gasteiger partial charge in [-0.2, -0.15) is 0 Å². The maximum Gasteiger partial charge on any atom is 0.239 e. The summed E-state index contributed by atoms with van der Waals surface area (Å²) in [6.45, 7) is 0.193. The van der Waals surface area contributed by atoms with Gasteiger partial charge in [-0.15, -0.1) is 11.8 Å². The van der Waals surface area contributed by atoms with Crippen LogP contribution in [0.2, 0.25) is 0 Å². The maximum atomic E-state index is 11.5. The SMILES string of the molecule is CN(CC(=O)NC1CC1)C(=O)CSCCO. The lowest BCUT2D eigenvalue weighted by Crippen LogP contribution is -2.39. The Balaban J connectivity index is 2.13. The molecule has 1 rings (SSSR count). The van der Waals surface area contributed by atoms with E-state index in [2.05, 4.69) is 5.32 Å². The molecule has 0 aromatic heterocycles. The van der Waals surface area contributed by atoms with E-state index in [0.29, 0.717) is 17.5 Å². The van der Waals surface area contributed by atoms with E-state index in [0.717, 1.165) is 12.8 Å². The van der Waals surface area contributed by atoms with E-state index in [4.69, 9.17) is 5.11 Å². The normalized spacial score (nSPS) is 14.6. The summed E-state index contributed by atoms with van der Waals surface area (Å²) in [5, 5.41) is 11.4. The Kier molecular flexibility index (Phi) is 5.62. The van der Waals surface area contributed by atoms with Crippen LogP contribution >= 0.6 is 11.8 Å². The van der Waals surface area contributed by atoms with Gasteiger partial charge in [0.15, 0.2) is 0 Å². The summed E-state index contributed by atoms with van der Waals surface area (Å²) < 4.78 is 0. The molecule has 92 valence electrons. The number of carbonyl (C=O) groups is 2. The van der Waals surface area contributed by atoms with Gasteiger partial charge in [-0.05, 0) is 12.8 Å². The zero-order valence-corrected chi connectivity index (χ0v) is 10.3. The number of hydrogen-bond acceptors (Lipinski definition) is 4. The second-order valence-electron chi connectivity index (χ2n) is 3.87. The molecule has 0 unspecified atom stereocenters. The van der Waals surface area contributed by atoms with E-state index in [9.17, 15) is 9.59 Å². The summed E-state index contributed by atoms with van der Waals surface area (Å²) in [7, 11) is 1.62. The third kappa shape index (κ3) is 5.37. The average Bonchev–Trinajstić information content (AvgIpc) is 3.01. The third-order valence-corrected chi connectivity index (χ3v) is 3.13. The Labute approximate surface area is 99.6 Å². The Morgan fingerprint density at radius 2 is 2.19 bits per heavy atom. The lowest BCUT2D eigenvalue weighted by atomic mass is 10.5. The number of hydrogen-bond donors (Lipinski definition) is 2. The Morgan fingerprint density at radius 1 is 1.50 bits per heavy atom. The molecule has 1 fully saturated rings. The molecule has 0 heterocycles. The number of thioether (sulfide) groups is 1. The minimum absolute atomic E-state index is 0.0732. The van der Waals surface area contributed by atoms with Crippen molar-refractivity contribution in [1.82, 2.24) is 10.2 Å². The number of nitrogens with one attached hydrogen (secondary N) is 1. The minimum atomic E-state index is -0.0921. The molecule has 16 heavy (non-hydrogen) atoms. The van der Waals surface area contributed by atoms with Gasteiger partial charge in [0.25, 0.3) is 0 Å². The number of aliphatic hydroxyl groups is 1. The van der Waals surface area contributed by atoms with Gasteiger partial charge in [-0.25, -0.2) is 0 Å². The van der Waals surface area contributed by atoms with Crippen LogP contribution < -0.4 is 5.32 Å². The summed E-state index contributed by atoms with van der Waals surface area (Å²) in [5.74, 6) is 0.691. The highest BCUT2D eigenvalue weighted by atomic mass is 32.2. The molecule has 1 aliphatic carbocycles. The molecule has 0 aliphatic heterocycles. The van der Waals surface area contributed by atoms with E-state index < -0.39 is 0 Å². The molecule has 1 aliphatic rings. The van der Waals surface area contributed by atoms with Crippen molar-refractivity contribution in [2.75, 3.05) is 31.7 Å². The average molecular weight is 246 g/mol. The van der Waals surface area contributed by atoms with E-state index >= 15 is 0 Å². The van der Waals surface area contributed by atoms with Gasteiger partial charge in [0, 0.05) is 18.8 Å². The first-order chi connectivity index (χ1) is 7.63. The standard InChI is InChI=1S/C10H18N2O3S/c1-12(10(15)7-16-5-4-13)6-9(14)11-8-2-3-8/h8,13H,2-7H2,1H3,(H,11,14). The van der Waals surface area contributed by atoms with Gasteiger partial charge in [0.1, 0.15) is 0 Å². The van der Waals surface area contributed by atoms with Crippen LogP contribution in [0, 0.1) is 0 Å². The van der Waals surface area contributed by atoms with Crippen LogP contribution in [-0.4, -0.2) is 59.6 Å². The summed E-state index contributed by atoms with van der Waals surface area (Å²) in [4.78, 5) is 24.3. The van der Waals surface area contributed by atoms with Crippen molar-refractivity contribution in [3.05, 3.63) is 0 Å². The van der Waals surface area contributed by atoms with Gasteiger partial charge in [-0.3, -0.25) is 9.59 Å². The molecule has 6 heteroatoms. The molecule has 2 amide bonds. The van der Waals surface area contributed by atoms with Gasteiger partial charge in [0.05, 0.1) is 18.9 Å². The zero-order chi connectivity index (χ0) is 12.0. The fraction of sp³-hybridized carbons (Fsp3) is 0.800. The first kappa shape index (κ1) is 13.3. The quantitative estimate of drug-likeness (QED) is 0.591. The van der Waals surface area contributed by atoms with E-state index in [1.165, 1.54) is 16.7 Å². The minimum Gasteiger partial charge on any atom is -0.396 e. The molecular formula is C10H18N2O3S. The van der Waals surface area contributed by atoms with Crippen LogP contribution in [0.25, 0.3) is 0 Å². The second kappa shape index (κ2) is 6.75. The van der Waals surface area contributed by atoms with Crippen molar-refractivity contribution in [1.29, 1.82) is 0 Å². The number of amides is 2. The predicted molar refractivity (Wildman–Crippen MR) is 63.2 cm³/mol. The topological polar surface area (TPSA) is 69.6 Å². The fourth-order valence-corrected chi connectivity index (χ4v) is 1.81. The molecule has 5 nitrogen and oxygen atoms in total. The lowest BCUT2D eigenvalue weighted by molar-refractivity contribution is -0.132. The summed E-state index contributed by atoms with van der Waals surface area (Å²) in [5.41, 5.74) is 0. The first-order valence-corrected chi connectivity index (χ1v) is 6.51. The number of nitrogens with zero attached hydrogens (tertiary/aromatic N) is 1. The maximum absolute atomic E-state index is 11.5. The van der Waals surface area contributed by atoms with Crippen molar-refractivity contribution in [2.24, 2.45) is 0 Å². The summed E-state index contributed by atoms with van der Waals surface area (Å²) >= 11 is 1.37. The smallest absolute Gasteiger partial charge is 0.239 e. The second-order valence-corrected chi connectivity index (χ2v) is 4.97. The van der Waals surface area contributed by atoms with Crippen LogP contribution in [0.3, 0.4) is 0 Å². The fourth-order valence-electron chi connectivity index (χ4n) is 1.14. The Morgan fingerprint density at radius 3 is 2.75 bits per heavy atom. The molecule has 0 atom stereocenters. The van der Waals surface area contributed by atoms with Gasteiger partial charge in [0.2, 0.25) is 11.8 Å². The van der Waals surface area contributed by atoms with Crippen LogP contribution in [0.4, 0.5) is 0 Å². The van der Waals surface area contributed by atoms with Gasteiger partial charge < -0.3 is 15.3 Å². The Hall–Kier alpha value is -0.750. The summed E-state index contributed by atoms with van der Waals surface area (Å²) in [6.07, 6.45) is 2.10. The molecule has 0 bridgehead atoms. The number of carbonyl (C=O) groups excluding carboxylic acids is 2. The molecule has 0 aromatic rings. The highest BCUT2D eigenvalue weighted by Gasteiger charge is 2.24. The number of likely N-dealkylation sites (N-methyl/N-ethyl adjacent to an activating group) is 1. The highest BCUT2D eigenvalue weighted by molar-refractivity contribution is 7.99. The van der Waals surface area contributed by atoms with E-state index in [1.807, 2.05) is 0 Å². The molecule has 1 saturated carbocycles. The monoisotopic (exact) mass is 246 g/mol. The van der Waals surface area contributed by atoms with Crippen LogP contribution in [0.15, 0.2) is 0 Å². The molecule has 0 saturated heterocycles. The van der Waals surface area contributed by atoms with Crippen molar-refractivity contribution < 1.29 is 14.7 Å². The van der Waals surface area contributed by atoms with Gasteiger partial charge >= 0.3 is 0 Å².